The molecule has 5 aromatic rings. The fourth-order valence-corrected chi connectivity index (χ4v) is 6.65. The van der Waals surface area contributed by atoms with Crippen LogP contribution in [0.2, 0.25) is 5.02 Å². The highest BCUT2D eigenvalue weighted by atomic mass is 35.5. The van der Waals surface area contributed by atoms with E-state index in [1.165, 1.54) is 11.0 Å². The maximum atomic E-state index is 13.4. The van der Waals surface area contributed by atoms with Gasteiger partial charge in [0.25, 0.3) is 0 Å². The number of fused-ring (bicyclic) bond motifs is 3. The van der Waals surface area contributed by atoms with E-state index >= 15 is 0 Å². The second-order valence-electron chi connectivity index (χ2n) is 11.0. The molecule has 6 rings (SSSR count). The van der Waals surface area contributed by atoms with Crippen molar-refractivity contribution in [3.8, 4) is 5.00 Å². The van der Waals surface area contributed by atoms with E-state index in [0.717, 1.165) is 44.4 Å². The summed E-state index contributed by atoms with van der Waals surface area (Å²) in [5, 5.41) is 16.4. The van der Waals surface area contributed by atoms with Crippen LogP contribution in [0.25, 0.3) is 11.1 Å². The van der Waals surface area contributed by atoms with Crippen LogP contribution in [0.1, 0.15) is 56.8 Å². The topological polar surface area (TPSA) is 114 Å². The van der Waals surface area contributed by atoms with Crippen LogP contribution in [0.4, 0.5) is 5.69 Å². The minimum Gasteiger partial charge on any atom is -0.352 e. The Balaban J connectivity index is 1.14. The molecular weight excluding hydrogens is 618 g/mol. The number of hydrogen-bond donors (Lipinski definition) is 2. The zero-order valence-corrected chi connectivity index (χ0v) is 27.2. The lowest BCUT2D eigenvalue weighted by Crippen LogP contribution is -2.23. The van der Waals surface area contributed by atoms with Crippen molar-refractivity contribution in [3.05, 3.63) is 128 Å². The Morgan fingerprint density at radius 1 is 1.02 bits per heavy atom. The molecule has 0 spiro atoms. The molecule has 4 heterocycles. The number of nitrogens with zero attached hydrogens (tertiary/aromatic N) is 5. The summed E-state index contributed by atoms with van der Waals surface area (Å²) in [6, 6.07) is 18.4. The SMILES string of the molecule is Cc1sc2c(c1C)C(c1ccc(Cl)cc1)=N[C@@H](CC(=O)Nc1ccc(CCNC(=O)/C=C/c3cccnc3)cc1)c1nnc(C)n1-2. The zero-order chi connectivity index (χ0) is 32.2. The third kappa shape index (κ3) is 6.83. The van der Waals surface area contributed by atoms with Gasteiger partial charge in [-0.15, -0.1) is 21.5 Å². The van der Waals surface area contributed by atoms with Crippen molar-refractivity contribution in [1.29, 1.82) is 0 Å². The maximum absolute atomic E-state index is 13.4. The first-order valence-electron chi connectivity index (χ1n) is 14.9. The smallest absolute Gasteiger partial charge is 0.244 e. The molecule has 0 unspecified atom stereocenters. The van der Waals surface area contributed by atoms with Crippen molar-refractivity contribution in [3.63, 3.8) is 0 Å². The van der Waals surface area contributed by atoms with Crippen molar-refractivity contribution in [2.75, 3.05) is 11.9 Å². The van der Waals surface area contributed by atoms with Crippen LogP contribution < -0.4 is 10.6 Å². The molecule has 3 aromatic heterocycles. The fraction of sp³-hybridized carbons (Fsp3) is 0.200. The Bertz CT molecular complexity index is 1950. The number of rotatable bonds is 9. The van der Waals surface area contributed by atoms with Crippen LogP contribution in [-0.4, -0.2) is 43.8 Å². The van der Waals surface area contributed by atoms with Crippen molar-refractivity contribution in [2.45, 2.75) is 39.7 Å². The van der Waals surface area contributed by atoms with E-state index in [-0.39, 0.29) is 18.2 Å². The largest absolute Gasteiger partial charge is 0.352 e. The van der Waals surface area contributed by atoms with E-state index < -0.39 is 6.04 Å². The molecule has 0 radical (unpaired) electrons. The summed E-state index contributed by atoms with van der Waals surface area (Å²) in [6.45, 7) is 6.60. The maximum Gasteiger partial charge on any atom is 0.244 e. The van der Waals surface area contributed by atoms with Crippen LogP contribution >= 0.6 is 22.9 Å². The minimum atomic E-state index is -0.554. The standard InChI is InChI=1S/C35H32ClN7O2S/c1-21-22(2)46-35-32(21)33(26-9-11-27(36)12-10-26)40-29(34-42-41-23(3)43(34)35)19-31(45)39-28-13-6-24(7-14-28)16-18-38-30(44)15-8-25-5-4-17-37-20-25/h4-15,17,20,29H,16,18-19H2,1-3H3,(H,38,44)(H,39,45)/b15-8+/t29-/m0/s1. The first kappa shape index (κ1) is 31.1. The summed E-state index contributed by atoms with van der Waals surface area (Å²) in [5.74, 6) is 1.02. The van der Waals surface area contributed by atoms with Crippen LogP contribution in [0.15, 0.2) is 84.1 Å². The average Bonchev–Trinajstić information content (AvgIpc) is 3.53. The second kappa shape index (κ2) is 13.6. The van der Waals surface area contributed by atoms with Crippen molar-refractivity contribution in [2.24, 2.45) is 4.99 Å². The quantitative estimate of drug-likeness (QED) is 0.175. The van der Waals surface area contributed by atoms with Crippen LogP contribution in [0.3, 0.4) is 0 Å². The number of pyridine rings is 1. The molecule has 232 valence electrons. The van der Waals surface area contributed by atoms with Crippen LogP contribution in [-0.2, 0) is 16.0 Å². The Morgan fingerprint density at radius 2 is 1.80 bits per heavy atom. The molecule has 0 saturated heterocycles. The van der Waals surface area contributed by atoms with Crippen molar-refractivity contribution < 1.29 is 9.59 Å². The van der Waals surface area contributed by atoms with Gasteiger partial charge in [-0.3, -0.25) is 24.1 Å². The van der Waals surface area contributed by atoms with Gasteiger partial charge in [0.05, 0.1) is 12.1 Å². The molecular formula is C35H32ClN7O2S. The molecule has 1 aliphatic rings. The van der Waals surface area contributed by atoms with E-state index in [2.05, 4.69) is 39.7 Å². The monoisotopic (exact) mass is 649 g/mol. The van der Waals surface area contributed by atoms with E-state index in [4.69, 9.17) is 16.6 Å². The molecule has 0 bridgehead atoms. The van der Waals surface area contributed by atoms with E-state index in [1.807, 2.05) is 72.2 Å². The number of hydrogen-bond acceptors (Lipinski definition) is 7. The summed E-state index contributed by atoms with van der Waals surface area (Å²) >= 11 is 7.89. The second-order valence-corrected chi connectivity index (χ2v) is 12.7. The molecule has 1 atom stereocenters. The van der Waals surface area contributed by atoms with Gasteiger partial charge in [0.15, 0.2) is 5.82 Å². The minimum absolute atomic E-state index is 0.0859. The van der Waals surface area contributed by atoms with E-state index in [0.29, 0.717) is 29.5 Å². The highest BCUT2D eigenvalue weighted by Crippen LogP contribution is 2.39. The third-order valence-corrected chi connectivity index (χ3v) is 9.24. The van der Waals surface area contributed by atoms with Crippen molar-refractivity contribution in [1.82, 2.24) is 25.1 Å². The molecule has 11 heteroatoms. The normalized spacial score (nSPS) is 13.9. The lowest BCUT2D eigenvalue weighted by molar-refractivity contribution is -0.117. The molecule has 2 amide bonds. The predicted octanol–water partition coefficient (Wildman–Crippen LogP) is 6.60. The van der Waals surface area contributed by atoms with Gasteiger partial charge in [-0.1, -0.05) is 41.9 Å². The first-order valence-corrected chi connectivity index (χ1v) is 16.1. The highest BCUT2D eigenvalue weighted by Gasteiger charge is 2.32. The van der Waals surface area contributed by atoms with Gasteiger partial charge < -0.3 is 10.6 Å². The first-order chi connectivity index (χ1) is 22.3. The highest BCUT2D eigenvalue weighted by molar-refractivity contribution is 7.15. The summed E-state index contributed by atoms with van der Waals surface area (Å²) < 4.78 is 2.03. The molecule has 2 aromatic carbocycles. The number of halogens is 1. The summed E-state index contributed by atoms with van der Waals surface area (Å²) in [5.41, 5.74) is 6.46. The third-order valence-electron chi connectivity index (χ3n) is 7.80. The summed E-state index contributed by atoms with van der Waals surface area (Å²) in [7, 11) is 0. The molecule has 0 fully saturated rings. The van der Waals surface area contributed by atoms with Crippen molar-refractivity contribution >= 4 is 52.2 Å². The zero-order valence-electron chi connectivity index (χ0n) is 25.6. The summed E-state index contributed by atoms with van der Waals surface area (Å²) in [6.07, 6.45) is 7.35. The van der Waals surface area contributed by atoms with Gasteiger partial charge in [0.1, 0.15) is 16.9 Å². The number of carbonyl (C=O) groups is 2. The molecule has 46 heavy (non-hydrogen) atoms. The molecule has 1 aliphatic heterocycles. The van der Waals surface area contributed by atoms with E-state index in [1.54, 1.807) is 29.8 Å². The number of amides is 2. The molecule has 0 aliphatic carbocycles. The van der Waals surface area contributed by atoms with Crippen LogP contribution in [0.5, 0.6) is 0 Å². The summed E-state index contributed by atoms with van der Waals surface area (Å²) in [4.78, 5) is 36.0. The Morgan fingerprint density at radius 3 is 2.54 bits per heavy atom. The number of nitrogens with one attached hydrogen (secondary N) is 2. The predicted molar refractivity (Wildman–Crippen MR) is 183 cm³/mol. The Labute approximate surface area is 276 Å². The lowest BCUT2D eigenvalue weighted by atomic mass is 9.99. The molecule has 0 saturated carbocycles. The van der Waals surface area contributed by atoms with Gasteiger partial charge in [-0.05, 0) is 80.3 Å². The Hall–Kier alpha value is -4.93. The fourth-order valence-electron chi connectivity index (χ4n) is 5.31. The molecule has 2 N–H and O–H groups in total. The van der Waals surface area contributed by atoms with Gasteiger partial charge in [-0.25, -0.2) is 0 Å². The van der Waals surface area contributed by atoms with Gasteiger partial charge in [0.2, 0.25) is 11.8 Å². The Kier molecular flexibility index (Phi) is 9.18. The number of thiophene rings is 1. The number of aryl methyl sites for hydroxylation is 2. The van der Waals surface area contributed by atoms with Gasteiger partial charge in [0, 0.05) is 51.7 Å². The number of carbonyl (C=O) groups excluding carboxylic acids is 2. The number of aromatic nitrogens is 4. The number of aliphatic imine (C=N–C) groups is 1. The van der Waals surface area contributed by atoms with Gasteiger partial charge >= 0.3 is 0 Å². The van der Waals surface area contributed by atoms with Crippen LogP contribution in [0, 0.1) is 20.8 Å². The number of anilines is 1. The molecule has 9 nitrogen and oxygen atoms in total. The lowest BCUT2D eigenvalue weighted by Gasteiger charge is -2.13. The van der Waals surface area contributed by atoms with E-state index in [9.17, 15) is 9.59 Å². The number of benzene rings is 2. The average molecular weight is 650 g/mol. The van der Waals surface area contributed by atoms with Gasteiger partial charge in [-0.2, -0.15) is 0 Å².